The van der Waals surface area contributed by atoms with E-state index in [1.54, 1.807) is 31.4 Å². The molecule has 1 fully saturated rings. The monoisotopic (exact) mass is 502 g/mol. The summed E-state index contributed by atoms with van der Waals surface area (Å²) in [4.78, 5) is 11.1. The van der Waals surface area contributed by atoms with E-state index in [4.69, 9.17) is 16.3 Å². The molecule has 1 aromatic heterocycles. The Morgan fingerprint density at radius 2 is 1.94 bits per heavy atom. The minimum Gasteiger partial charge on any atom is -0.755 e. The fourth-order valence-corrected chi connectivity index (χ4v) is 4.06. The average Bonchev–Trinajstić information content (AvgIpc) is 2.86. The summed E-state index contributed by atoms with van der Waals surface area (Å²) in [5, 5.41) is 9.91. The van der Waals surface area contributed by atoms with Crippen molar-refractivity contribution in [3.05, 3.63) is 53.7 Å². The lowest BCUT2D eigenvalue weighted by Gasteiger charge is -2.30. The summed E-state index contributed by atoms with van der Waals surface area (Å²) in [6.45, 7) is 3.75. The minimum absolute atomic E-state index is 0.285. The molecule has 0 aliphatic carbocycles. The quantitative estimate of drug-likeness (QED) is 0.399. The predicted octanol–water partition coefficient (Wildman–Crippen LogP) is 3.27. The third-order valence-electron chi connectivity index (χ3n) is 5.38. The van der Waals surface area contributed by atoms with Gasteiger partial charge in [-0.3, -0.25) is 4.21 Å². The second-order valence-corrected chi connectivity index (χ2v) is 8.88. The number of rotatable bonds is 8. The van der Waals surface area contributed by atoms with Crippen LogP contribution in [0.2, 0.25) is 5.02 Å². The van der Waals surface area contributed by atoms with Crippen LogP contribution >= 0.6 is 11.6 Å². The summed E-state index contributed by atoms with van der Waals surface area (Å²) in [6.07, 6.45) is 1.47. The first-order chi connectivity index (χ1) is 16.5. The van der Waals surface area contributed by atoms with Gasteiger partial charge in [0, 0.05) is 56.2 Å². The normalized spacial score (nSPS) is 14.4. The van der Waals surface area contributed by atoms with Crippen molar-refractivity contribution < 1.29 is 13.5 Å². The fraction of sp³-hybridized carbons (Fsp3) is 0.273. The van der Waals surface area contributed by atoms with Crippen molar-refractivity contribution in [1.82, 2.24) is 15.3 Å². The largest absolute Gasteiger partial charge is 0.755 e. The van der Waals surface area contributed by atoms with E-state index in [0.717, 1.165) is 36.2 Å². The molecule has 12 heteroatoms. The van der Waals surface area contributed by atoms with Gasteiger partial charge in [-0.25, -0.2) is 4.98 Å². The first-order valence-electron chi connectivity index (χ1n) is 10.6. The van der Waals surface area contributed by atoms with Crippen LogP contribution in [0.1, 0.15) is 0 Å². The van der Waals surface area contributed by atoms with Crippen molar-refractivity contribution in [2.75, 3.05) is 60.2 Å². The zero-order valence-corrected chi connectivity index (χ0v) is 20.3. The molecular weight excluding hydrogens is 478 g/mol. The number of para-hydroxylation sites is 2. The first kappa shape index (κ1) is 24.0. The molecule has 0 amide bonds. The number of nitrogens with zero attached hydrogens (tertiary/aromatic N) is 4. The molecule has 34 heavy (non-hydrogen) atoms. The molecule has 1 saturated heterocycles. The second-order valence-electron chi connectivity index (χ2n) is 7.49. The van der Waals surface area contributed by atoms with E-state index in [9.17, 15) is 8.76 Å². The topological polar surface area (TPSA) is 118 Å². The van der Waals surface area contributed by atoms with E-state index in [1.165, 1.54) is 13.2 Å². The smallest absolute Gasteiger partial charge is 0.229 e. The molecule has 2 heterocycles. The van der Waals surface area contributed by atoms with Gasteiger partial charge in [0.25, 0.3) is 0 Å². The molecule has 0 saturated carbocycles. The van der Waals surface area contributed by atoms with Gasteiger partial charge in [0.05, 0.1) is 30.4 Å². The lowest BCUT2D eigenvalue weighted by molar-refractivity contribution is 0.416. The number of ether oxygens (including phenoxy) is 1. The fourth-order valence-electron chi connectivity index (χ4n) is 3.60. The van der Waals surface area contributed by atoms with Gasteiger partial charge in [-0.05, 0) is 24.3 Å². The molecule has 180 valence electrons. The number of benzene rings is 2. The van der Waals surface area contributed by atoms with E-state index in [-0.39, 0.29) is 5.02 Å². The maximum absolute atomic E-state index is 11.4. The Balaban J connectivity index is 1.57. The van der Waals surface area contributed by atoms with Crippen molar-refractivity contribution >= 4 is 57.4 Å². The predicted molar refractivity (Wildman–Crippen MR) is 135 cm³/mol. The van der Waals surface area contributed by atoms with Crippen molar-refractivity contribution in [3.8, 4) is 5.75 Å². The van der Waals surface area contributed by atoms with E-state index >= 15 is 0 Å². The van der Waals surface area contributed by atoms with Gasteiger partial charge >= 0.3 is 0 Å². The van der Waals surface area contributed by atoms with Crippen molar-refractivity contribution in [1.29, 1.82) is 0 Å². The van der Waals surface area contributed by atoms with Crippen LogP contribution < -0.4 is 29.9 Å². The van der Waals surface area contributed by atoms with Crippen LogP contribution in [0.15, 0.2) is 48.7 Å². The number of piperazine rings is 1. The van der Waals surface area contributed by atoms with Gasteiger partial charge in [0.1, 0.15) is 10.8 Å². The highest BCUT2D eigenvalue weighted by atomic mass is 35.5. The maximum atomic E-state index is 11.4. The highest BCUT2D eigenvalue weighted by Gasteiger charge is 2.15. The molecule has 1 aliphatic heterocycles. The van der Waals surface area contributed by atoms with Gasteiger partial charge in [-0.2, -0.15) is 4.98 Å². The molecule has 4 rings (SSSR count). The van der Waals surface area contributed by atoms with E-state index in [1.807, 2.05) is 18.2 Å². The Morgan fingerprint density at radius 1 is 1.18 bits per heavy atom. The van der Waals surface area contributed by atoms with Crippen molar-refractivity contribution in [2.45, 2.75) is 0 Å². The lowest BCUT2D eigenvalue weighted by Crippen LogP contribution is -2.43. The van der Waals surface area contributed by atoms with Gasteiger partial charge in [0.15, 0.2) is 5.82 Å². The highest BCUT2D eigenvalue weighted by molar-refractivity contribution is 7.80. The van der Waals surface area contributed by atoms with Crippen molar-refractivity contribution in [3.63, 3.8) is 0 Å². The number of methoxy groups -OCH3 is 1. The molecule has 1 unspecified atom stereocenters. The second kappa shape index (κ2) is 10.9. The number of nitrogens with one attached hydrogen (secondary N) is 3. The van der Waals surface area contributed by atoms with Gasteiger partial charge in [-0.1, -0.05) is 23.7 Å². The first-order valence-corrected chi connectivity index (χ1v) is 12.0. The van der Waals surface area contributed by atoms with Gasteiger partial charge in [-0.15, -0.1) is 0 Å². The Bertz CT molecular complexity index is 1180. The Labute approximate surface area is 205 Å². The molecule has 3 aromatic rings. The molecular formula is C22H25ClN7O3S-. The number of hydrogen-bond donors (Lipinski definition) is 3. The highest BCUT2D eigenvalue weighted by Crippen LogP contribution is 2.34. The zero-order chi connectivity index (χ0) is 24.1. The van der Waals surface area contributed by atoms with Crippen molar-refractivity contribution in [2.24, 2.45) is 0 Å². The van der Waals surface area contributed by atoms with E-state index in [2.05, 4.69) is 30.8 Å². The third kappa shape index (κ3) is 5.50. The summed E-state index contributed by atoms with van der Waals surface area (Å²) in [6, 6.07) is 12.9. The van der Waals surface area contributed by atoms with Crippen LogP contribution in [-0.4, -0.2) is 59.1 Å². The number of aromatic nitrogens is 2. The Hall–Kier alpha value is -3.12. The summed E-state index contributed by atoms with van der Waals surface area (Å²) in [7, 11) is 3.07. The standard InChI is InChI=1S/C22H26ClN7O3S/c1-29(34(31)32)19-6-4-3-5-17(19)26-21-16(23)14-25-22(28-21)27-18-8-7-15(13-20(18)33-2)30-11-9-24-10-12-30/h3-8,13-14,24H,9-12H2,1-2H3,(H,31,32)(H2,25,26,27,28)/p-1. The summed E-state index contributed by atoms with van der Waals surface area (Å²) >= 11 is 3.89. The van der Waals surface area contributed by atoms with Crippen LogP contribution in [-0.2, 0) is 11.3 Å². The van der Waals surface area contributed by atoms with Crippen LogP contribution in [0.4, 0.5) is 34.5 Å². The third-order valence-corrected chi connectivity index (χ3v) is 6.30. The van der Waals surface area contributed by atoms with Crippen LogP contribution in [0, 0.1) is 0 Å². The number of halogens is 1. The molecule has 3 N–H and O–H groups in total. The molecule has 0 radical (unpaired) electrons. The molecule has 0 spiro atoms. The van der Waals surface area contributed by atoms with E-state index < -0.39 is 11.3 Å². The van der Waals surface area contributed by atoms with Gasteiger partial charge < -0.3 is 34.4 Å². The molecule has 10 nitrogen and oxygen atoms in total. The molecule has 0 bridgehead atoms. The lowest BCUT2D eigenvalue weighted by atomic mass is 10.2. The number of hydrogen-bond acceptors (Lipinski definition) is 9. The Kier molecular flexibility index (Phi) is 7.68. The molecule has 1 aliphatic rings. The van der Waals surface area contributed by atoms with Crippen LogP contribution in [0.3, 0.4) is 0 Å². The average molecular weight is 503 g/mol. The van der Waals surface area contributed by atoms with Crippen LogP contribution in [0.5, 0.6) is 5.75 Å². The molecule has 1 atom stereocenters. The van der Waals surface area contributed by atoms with Crippen LogP contribution in [0.25, 0.3) is 0 Å². The zero-order valence-electron chi connectivity index (χ0n) is 18.7. The summed E-state index contributed by atoms with van der Waals surface area (Å²) in [5.74, 6) is 1.29. The van der Waals surface area contributed by atoms with Gasteiger partial charge in [0.2, 0.25) is 5.95 Å². The Morgan fingerprint density at radius 3 is 2.68 bits per heavy atom. The minimum atomic E-state index is -2.43. The number of anilines is 6. The van der Waals surface area contributed by atoms with E-state index in [0.29, 0.717) is 34.6 Å². The SMILES string of the molecule is COc1cc(N2CCNCC2)ccc1Nc1ncc(Cl)c(Nc2ccccc2N(C)S(=O)[O-])n1. The summed E-state index contributed by atoms with van der Waals surface area (Å²) in [5.41, 5.74) is 2.76. The maximum Gasteiger partial charge on any atom is 0.229 e. The molecule has 2 aromatic carbocycles. The summed E-state index contributed by atoms with van der Waals surface area (Å²) < 4.78 is 29.6.